The summed E-state index contributed by atoms with van der Waals surface area (Å²) in [6.07, 6.45) is 1.93. The molecule has 0 aliphatic carbocycles. The Kier molecular flexibility index (Phi) is 4.94. The van der Waals surface area contributed by atoms with E-state index >= 15 is 0 Å². The van der Waals surface area contributed by atoms with Crippen LogP contribution in [-0.2, 0) is 0 Å². The third-order valence-corrected chi connectivity index (χ3v) is 6.45. The van der Waals surface area contributed by atoms with Crippen LogP contribution < -0.4 is 9.64 Å². The smallest absolute Gasteiger partial charge is 0.170 e. The molecule has 0 N–H and O–H groups in total. The number of nitrogens with zero attached hydrogens (tertiary/aromatic N) is 3. The van der Waals surface area contributed by atoms with Gasteiger partial charge in [0, 0.05) is 42.6 Å². The van der Waals surface area contributed by atoms with Crippen LogP contribution in [0.1, 0.15) is 41.0 Å². The van der Waals surface area contributed by atoms with Gasteiger partial charge < -0.3 is 9.64 Å². The van der Waals surface area contributed by atoms with Gasteiger partial charge in [0.2, 0.25) is 0 Å². The molecule has 0 atom stereocenters. The highest BCUT2D eigenvalue weighted by atomic mass is 35.5. The molecule has 2 aliphatic rings. The van der Waals surface area contributed by atoms with E-state index in [1.807, 2.05) is 38.1 Å². The summed E-state index contributed by atoms with van der Waals surface area (Å²) in [5.74, 6) is 2.48. The summed E-state index contributed by atoms with van der Waals surface area (Å²) in [7, 11) is 0. The van der Waals surface area contributed by atoms with E-state index in [0.717, 1.165) is 54.4 Å². The average Bonchev–Trinajstić information content (AvgIpc) is 2.75. The fourth-order valence-electron chi connectivity index (χ4n) is 4.61. The minimum Gasteiger partial charge on any atom is -0.486 e. The van der Waals surface area contributed by atoms with E-state index in [4.69, 9.17) is 16.3 Å². The molecule has 5 rings (SSSR count). The summed E-state index contributed by atoms with van der Waals surface area (Å²) in [4.78, 5) is 24.5. The van der Waals surface area contributed by atoms with Crippen molar-refractivity contribution in [2.45, 2.75) is 38.7 Å². The Morgan fingerprint density at radius 3 is 2.52 bits per heavy atom. The normalized spacial score (nSPS) is 17.4. The maximum absolute atomic E-state index is 12.9. The van der Waals surface area contributed by atoms with E-state index in [-0.39, 0.29) is 5.78 Å². The molecule has 2 aliphatic heterocycles. The summed E-state index contributed by atoms with van der Waals surface area (Å²) in [5.41, 5.74) is 3.07. The summed E-state index contributed by atoms with van der Waals surface area (Å²) < 4.78 is 6.48. The molecule has 0 unspecified atom stereocenters. The first-order valence-electron chi connectivity index (χ1n) is 10.6. The summed E-state index contributed by atoms with van der Waals surface area (Å²) in [6.45, 7) is 5.43. The molecule has 3 heterocycles. The van der Waals surface area contributed by atoms with E-state index in [9.17, 15) is 4.79 Å². The largest absolute Gasteiger partial charge is 0.486 e. The maximum Gasteiger partial charge on any atom is 0.170 e. The second kappa shape index (κ2) is 7.65. The summed E-state index contributed by atoms with van der Waals surface area (Å²) in [5, 5.41) is 0.576. The van der Waals surface area contributed by atoms with E-state index in [1.54, 1.807) is 6.07 Å². The average molecular weight is 434 g/mol. The molecule has 0 radical (unpaired) electrons. The molecule has 1 aromatic heterocycles. The molecule has 0 saturated carbocycles. The number of carbonyl (C=O) groups is 1. The van der Waals surface area contributed by atoms with Gasteiger partial charge in [-0.2, -0.15) is 0 Å². The predicted molar refractivity (Wildman–Crippen MR) is 122 cm³/mol. The topological polar surface area (TPSA) is 55.3 Å². The maximum atomic E-state index is 12.9. The molecule has 0 amide bonds. The number of benzene rings is 2. The molecule has 2 aromatic carbocycles. The van der Waals surface area contributed by atoms with Crippen LogP contribution >= 0.6 is 11.6 Å². The van der Waals surface area contributed by atoms with Crippen molar-refractivity contribution in [1.29, 1.82) is 0 Å². The molecule has 1 spiro atoms. The first-order valence-corrected chi connectivity index (χ1v) is 11.0. The minimum absolute atomic E-state index is 0.115. The second-order valence-corrected chi connectivity index (χ2v) is 8.93. The Morgan fingerprint density at radius 2 is 1.77 bits per heavy atom. The van der Waals surface area contributed by atoms with Gasteiger partial charge in [0.15, 0.2) is 5.78 Å². The van der Waals surface area contributed by atoms with Gasteiger partial charge in [-0.1, -0.05) is 41.9 Å². The third-order valence-electron chi connectivity index (χ3n) is 6.23. The molecule has 0 bridgehead atoms. The van der Waals surface area contributed by atoms with E-state index < -0.39 is 5.60 Å². The predicted octanol–water partition coefficient (Wildman–Crippen LogP) is 5.42. The fraction of sp³-hybridized carbons (Fsp3) is 0.320. The Hall–Kier alpha value is -2.92. The van der Waals surface area contributed by atoms with Crippen molar-refractivity contribution in [1.82, 2.24) is 9.97 Å². The number of piperidine rings is 1. The van der Waals surface area contributed by atoms with Crippen LogP contribution in [0.2, 0.25) is 5.02 Å². The molecular weight excluding hydrogens is 410 g/mol. The Balaban J connectivity index is 1.38. The van der Waals surface area contributed by atoms with Gasteiger partial charge in [0.1, 0.15) is 23.0 Å². The molecule has 3 aromatic rings. The zero-order chi connectivity index (χ0) is 21.6. The lowest BCUT2D eigenvalue weighted by molar-refractivity contribution is 0.0225. The van der Waals surface area contributed by atoms with Crippen molar-refractivity contribution in [3.8, 4) is 17.0 Å². The number of rotatable bonds is 2. The van der Waals surface area contributed by atoms with Gasteiger partial charge in [-0.3, -0.25) is 4.79 Å². The van der Waals surface area contributed by atoms with Crippen molar-refractivity contribution in [2.24, 2.45) is 0 Å². The van der Waals surface area contributed by atoms with Crippen molar-refractivity contribution < 1.29 is 9.53 Å². The number of hydrogen-bond donors (Lipinski definition) is 0. The lowest BCUT2D eigenvalue weighted by Crippen LogP contribution is -2.51. The van der Waals surface area contributed by atoms with E-state index in [2.05, 4.69) is 33.1 Å². The van der Waals surface area contributed by atoms with Crippen LogP contribution in [0.5, 0.6) is 5.75 Å². The lowest BCUT2D eigenvalue weighted by Gasteiger charge is -2.44. The van der Waals surface area contributed by atoms with Crippen LogP contribution in [0.3, 0.4) is 0 Å². The number of carbonyl (C=O) groups excluding carboxylic acids is 1. The van der Waals surface area contributed by atoms with Gasteiger partial charge >= 0.3 is 0 Å². The number of hydrogen-bond acceptors (Lipinski definition) is 5. The third kappa shape index (κ3) is 3.79. The van der Waals surface area contributed by atoms with Gasteiger partial charge in [-0.15, -0.1) is 0 Å². The molecule has 5 nitrogen and oxygen atoms in total. The number of fused-ring (bicyclic) bond motifs is 1. The number of ketones is 1. The second-order valence-electron chi connectivity index (χ2n) is 8.50. The van der Waals surface area contributed by atoms with Crippen LogP contribution in [0, 0.1) is 13.8 Å². The Morgan fingerprint density at radius 1 is 1.03 bits per heavy atom. The van der Waals surface area contributed by atoms with Crippen molar-refractivity contribution in [2.75, 3.05) is 18.0 Å². The zero-order valence-corrected chi connectivity index (χ0v) is 18.4. The number of aryl methyl sites for hydroxylation is 2. The van der Waals surface area contributed by atoms with Crippen LogP contribution in [-0.4, -0.2) is 34.4 Å². The molecule has 158 valence electrons. The number of halogens is 1. The fourth-order valence-corrected chi connectivity index (χ4v) is 4.88. The summed E-state index contributed by atoms with van der Waals surface area (Å²) in [6, 6.07) is 15.8. The van der Waals surface area contributed by atoms with Crippen molar-refractivity contribution >= 4 is 23.2 Å². The first-order chi connectivity index (χ1) is 14.9. The van der Waals surface area contributed by atoms with E-state index in [1.165, 1.54) is 0 Å². The summed E-state index contributed by atoms with van der Waals surface area (Å²) >= 11 is 6.15. The highest BCUT2D eigenvalue weighted by molar-refractivity contribution is 6.31. The Labute approximate surface area is 187 Å². The van der Waals surface area contributed by atoms with Crippen molar-refractivity contribution in [3.63, 3.8) is 0 Å². The standard InChI is InChI=1S/C25H24ClN3O2/c1-16-12-19(26)13-20-22(30)15-25(31-24(16)20)8-10-29(11-9-25)23-14-21(27-17(2)28-23)18-6-4-3-5-7-18/h3-7,12-14H,8-11,15H2,1-2H3. The zero-order valence-electron chi connectivity index (χ0n) is 17.7. The Bertz CT molecular complexity index is 1150. The number of anilines is 1. The molecule has 31 heavy (non-hydrogen) atoms. The molecular formula is C25H24ClN3O2. The molecule has 6 heteroatoms. The number of aromatic nitrogens is 2. The van der Waals surface area contributed by atoms with E-state index in [0.29, 0.717) is 22.8 Å². The van der Waals surface area contributed by atoms with Gasteiger partial charge in [-0.25, -0.2) is 9.97 Å². The lowest BCUT2D eigenvalue weighted by atomic mass is 9.82. The molecule has 1 fully saturated rings. The monoisotopic (exact) mass is 433 g/mol. The minimum atomic E-state index is -0.455. The van der Waals surface area contributed by atoms with Gasteiger partial charge in [0.25, 0.3) is 0 Å². The first kappa shape index (κ1) is 20.0. The van der Waals surface area contributed by atoms with Gasteiger partial charge in [-0.05, 0) is 31.5 Å². The van der Waals surface area contributed by atoms with Crippen molar-refractivity contribution in [3.05, 3.63) is 70.5 Å². The highest BCUT2D eigenvalue weighted by Gasteiger charge is 2.43. The molecule has 1 saturated heterocycles. The highest BCUT2D eigenvalue weighted by Crippen LogP contribution is 2.42. The van der Waals surface area contributed by atoms with Crippen LogP contribution in [0.15, 0.2) is 48.5 Å². The SMILES string of the molecule is Cc1nc(-c2ccccc2)cc(N2CCC3(CC2)CC(=O)c2cc(Cl)cc(C)c2O3)n1. The van der Waals surface area contributed by atoms with Crippen LogP contribution in [0.4, 0.5) is 5.82 Å². The van der Waals surface area contributed by atoms with Crippen LogP contribution in [0.25, 0.3) is 11.3 Å². The number of Topliss-reactive ketones (excluding diaryl/α,β-unsaturated/α-hetero) is 1. The van der Waals surface area contributed by atoms with Gasteiger partial charge in [0.05, 0.1) is 17.7 Å². The quantitative estimate of drug-likeness (QED) is 0.540. The number of ether oxygens (including phenoxy) is 1.